The number of benzene rings is 2. The Morgan fingerprint density at radius 1 is 0.952 bits per heavy atom. The number of nitrogens with one attached hydrogen (secondary N) is 1. The minimum atomic E-state index is -1.07. The summed E-state index contributed by atoms with van der Waals surface area (Å²) in [5.41, 5.74) is 6.97. The van der Waals surface area contributed by atoms with Crippen molar-refractivity contribution in [3.8, 4) is 0 Å². The molecule has 21 heavy (non-hydrogen) atoms. The van der Waals surface area contributed by atoms with E-state index in [1.807, 2.05) is 0 Å². The highest BCUT2D eigenvalue weighted by Crippen LogP contribution is 2.22. The van der Waals surface area contributed by atoms with Gasteiger partial charge in [-0.3, -0.25) is 4.79 Å². The van der Waals surface area contributed by atoms with Crippen LogP contribution in [0.3, 0.4) is 0 Å². The van der Waals surface area contributed by atoms with Crippen LogP contribution in [0.25, 0.3) is 0 Å². The number of carbonyl (C=O) groups is 2. The number of carboxylic acid groups (broad SMARTS) is 1. The van der Waals surface area contributed by atoms with Gasteiger partial charge in [0.15, 0.2) is 0 Å². The van der Waals surface area contributed by atoms with Gasteiger partial charge in [0.25, 0.3) is 5.91 Å². The first-order valence-electron chi connectivity index (χ1n) is 5.76. The maximum Gasteiger partial charge on any atom is 0.335 e. The van der Waals surface area contributed by atoms with Gasteiger partial charge in [-0.2, -0.15) is 0 Å². The van der Waals surface area contributed by atoms with E-state index in [9.17, 15) is 9.59 Å². The number of hydrogen-bond donors (Lipinski definition) is 3. The van der Waals surface area contributed by atoms with E-state index in [1.54, 1.807) is 18.2 Å². The zero-order chi connectivity index (χ0) is 15.6. The van der Waals surface area contributed by atoms with Crippen LogP contribution < -0.4 is 11.1 Å². The first kappa shape index (κ1) is 15.5. The van der Waals surface area contributed by atoms with Gasteiger partial charge in [-0.25, -0.2) is 4.79 Å². The summed E-state index contributed by atoms with van der Waals surface area (Å²) in [7, 11) is 0. The predicted octanol–water partition coefficient (Wildman–Crippen LogP) is 3.74. The molecule has 0 aliphatic rings. The van der Waals surface area contributed by atoms with Gasteiger partial charge in [0.2, 0.25) is 0 Å². The zero-order valence-electron chi connectivity index (χ0n) is 10.6. The highest BCUT2D eigenvalue weighted by Gasteiger charge is 2.11. The summed E-state index contributed by atoms with van der Waals surface area (Å²) in [6.07, 6.45) is 0. The third kappa shape index (κ3) is 4.05. The van der Waals surface area contributed by atoms with Crippen LogP contribution in [0.4, 0.5) is 11.4 Å². The van der Waals surface area contributed by atoms with Crippen LogP contribution in [0.1, 0.15) is 20.7 Å². The highest BCUT2D eigenvalue weighted by atomic mass is 79.9. The standard InChI is InChI=1S/C14H10Br2N2O3/c15-9-1-7(3-11(17)5-9)13(19)18-12-4-8(14(20)21)2-10(16)6-12/h1-6H,17H2,(H,18,19)(H,20,21). The van der Waals surface area contributed by atoms with Crippen LogP contribution in [-0.2, 0) is 0 Å². The monoisotopic (exact) mass is 412 g/mol. The number of anilines is 2. The molecule has 0 bridgehead atoms. The molecule has 2 rings (SSSR count). The molecular formula is C14H10Br2N2O3. The van der Waals surface area contributed by atoms with Crippen LogP contribution >= 0.6 is 31.9 Å². The molecule has 0 heterocycles. The fraction of sp³-hybridized carbons (Fsp3) is 0. The number of amides is 1. The van der Waals surface area contributed by atoms with E-state index in [2.05, 4.69) is 37.2 Å². The largest absolute Gasteiger partial charge is 0.478 e. The lowest BCUT2D eigenvalue weighted by atomic mass is 10.1. The van der Waals surface area contributed by atoms with Gasteiger partial charge in [0.05, 0.1) is 5.56 Å². The zero-order valence-corrected chi connectivity index (χ0v) is 13.7. The van der Waals surface area contributed by atoms with Gasteiger partial charge in [-0.15, -0.1) is 0 Å². The number of hydrogen-bond acceptors (Lipinski definition) is 3. The van der Waals surface area contributed by atoms with Gasteiger partial charge in [-0.05, 0) is 36.4 Å². The molecule has 0 saturated carbocycles. The van der Waals surface area contributed by atoms with Crippen molar-refractivity contribution < 1.29 is 14.7 Å². The van der Waals surface area contributed by atoms with E-state index in [0.717, 1.165) is 0 Å². The lowest BCUT2D eigenvalue weighted by Crippen LogP contribution is -2.13. The Kier molecular flexibility index (Phi) is 4.64. The summed E-state index contributed by atoms with van der Waals surface area (Å²) < 4.78 is 1.25. The molecule has 0 fully saturated rings. The van der Waals surface area contributed by atoms with E-state index in [1.165, 1.54) is 18.2 Å². The number of nitrogen functional groups attached to an aromatic ring is 1. The van der Waals surface area contributed by atoms with E-state index in [4.69, 9.17) is 10.8 Å². The summed E-state index contributed by atoms with van der Waals surface area (Å²) >= 11 is 6.47. The number of carbonyl (C=O) groups excluding carboxylic acids is 1. The third-order valence-electron chi connectivity index (χ3n) is 2.58. The van der Waals surface area contributed by atoms with Crippen LogP contribution in [0.15, 0.2) is 45.3 Å². The van der Waals surface area contributed by atoms with E-state index >= 15 is 0 Å². The van der Waals surface area contributed by atoms with Gasteiger partial charge in [0, 0.05) is 25.9 Å². The molecule has 0 aromatic heterocycles. The van der Waals surface area contributed by atoms with E-state index in [0.29, 0.717) is 25.9 Å². The Morgan fingerprint density at radius 3 is 2.19 bits per heavy atom. The minimum absolute atomic E-state index is 0.0773. The topological polar surface area (TPSA) is 92.4 Å². The predicted molar refractivity (Wildman–Crippen MR) is 87.6 cm³/mol. The normalized spacial score (nSPS) is 10.2. The second-order valence-electron chi connectivity index (χ2n) is 4.26. The number of nitrogens with two attached hydrogens (primary N) is 1. The highest BCUT2D eigenvalue weighted by molar-refractivity contribution is 9.10. The van der Waals surface area contributed by atoms with Gasteiger partial charge in [-0.1, -0.05) is 31.9 Å². The molecule has 4 N–H and O–H groups in total. The van der Waals surface area contributed by atoms with E-state index < -0.39 is 5.97 Å². The van der Waals surface area contributed by atoms with Crippen LogP contribution in [0.2, 0.25) is 0 Å². The van der Waals surface area contributed by atoms with Crippen molar-refractivity contribution in [1.29, 1.82) is 0 Å². The molecule has 5 nitrogen and oxygen atoms in total. The molecule has 0 atom stereocenters. The quantitative estimate of drug-likeness (QED) is 0.668. The molecule has 0 saturated heterocycles. The van der Waals surface area contributed by atoms with Gasteiger partial charge < -0.3 is 16.2 Å². The summed E-state index contributed by atoms with van der Waals surface area (Å²) in [6, 6.07) is 9.30. The Hall–Kier alpha value is -1.86. The Morgan fingerprint density at radius 2 is 1.57 bits per heavy atom. The first-order chi connectivity index (χ1) is 9.85. The molecule has 0 aliphatic heterocycles. The molecule has 2 aromatic rings. The molecule has 108 valence electrons. The fourth-order valence-corrected chi connectivity index (χ4v) is 2.74. The van der Waals surface area contributed by atoms with Crippen molar-refractivity contribution in [1.82, 2.24) is 0 Å². The number of carboxylic acids is 1. The summed E-state index contributed by atoms with van der Waals surface area (Å²) in [5, 5.41) is 11.6. The van der Waals surface area contributed by atoms with Crippen LogP contribution in [0.5, 0.6) is 0 Å². The lowest BCUT2D eigenvalue weighted by molar-refractivity contribution is 0.0696. The molecule has 1 amide bonds. The SMILES string of the molecule is Nc1cc(Br)cc(C(=O)Nc2cc(Br)cc(C(=O)O)c2)c1. The fourth-order valence-electron chi connectivity index (χ4n) is 1.73. The van der Waals surface area contributed by atoms with Gasteiger partial charge in [0.1, 0.15) is 0 Å². The number of rotatable bonds is 3. The van der Waals surface area contributed by atoms with Crippen molar-refractivity contribution in [2.75, 3.05) is 11.1 Å². The smallest absolute Gasteiger partial charge is 0.335 e. The van der Waals surface area contributed by atoms with Crippen molar-refractivity contribution in [2.24, 2.45) is 0 Å². The first-order valence-corrected chi connectivity index (χ1v) is 7.35. The molecular weight excluding hydrogens is 404 g/mol. The van der Waals surface area contributed by atoms with Crippen molar-refractivity contribution in [3.63, 3.8) is 0 Å². The lowest BCUT2D eigenvalue weighted by Gasteiger charge is -2.08. The third-order valence-corrected chi connectivity index (χ3v) is 3.50. The minimum Gasteiger partial charge on any atom is -0.478 e. The Balaban J connectivity index is 2.29. The second-order valence-corrected chi connectivity index (χ2v) is 6.09. The summed E-state index contributed by atoms with van der Waals surface area (Å²) in [5.74, 6) is -1.45. The Bertz CT molecular complexity index is 712. The van der Waals surface area contributed by atoms with Crippen LogP contribution in [-0.4, -0.2) is 17.0 Å². The maximum atomic E-state index is 12.2. The van der Waals surface area contributed by atoms with Crippen molar-refractivity contribution in [3.05, 3.63) is 56.5 Å². The van der Waals surface area contributed by atoms with Crippen molar-refractivity contribution in [2.45, 2.75) is 0 Å². The van der Waals surface area contributed by atoms with Crippen molar-refractivity contribution >= 4 is 55.1 Å². The number of halogens is 2. The second kappa shape index (κ2) is 6.28. The summed E-state index contributed by atoms with van der Waals surface area (Å²) in [4.78, 5) is 23.2. The molecule has 0 aliphatic carbocycles. The molecule has 0 unspecified atom stereocenters. The maximum absolute atomic E-state index is 12.2. The number of aromatic carboxylic acids is 1. The summed E-state index contributed by atoms with van der Waals surface area (Å²) in [6.45, 7) is 0. The van der Waals surface area contributed by atoms with Crippen LogP contribution in [0, 0.1) is 0 Å². The van der Waals surface area contributed by atoms with Gasteiger partial charge >= 0.3 is 5.97 Å². The Labute approximate surface area is 137 Å². The molecule has 7 heteroatoms. The molecule has 0 radical (unpaired) electrons. The van der Waals surface area contributed by atoms with E-state index in [-0.39, 0.29) is 11.5 Å². The average molecular weight is 414 g/mol. The molecule has 2 aromatic carbocycles. The molecule has 0 spiro atoms. The average Bonchev–Trinajstić information content (AvgIpc) is 2.36.